The molecule has 2 aliphatic rings. The van der Waals surface area contributed by atoms with Crippen LogP contribution in [0, 0.1) is 16.7 Å². The predicted molar refractivity (Wildman–Crippen MR) is 149 cm³/mol. The van der Waals surface area contributed by atoms with Crippen LogP contribution in [0.5, 0.6) is 0 Å². The van der Waals surface area contributed by atoms with Gasteiger partial charge in [-0.25, -0.2) is 8.42 Å². The third-order valence-electron chi connectivity index (χ3n) is 8.60. The Kier molecular flexibility index (Phi) is 7.75. The Hall–Kier alpha value is -2.42. The Labute approximate surface area is 222 Å². The Bertz CT molecular complexity index is 1220. The van der Waals surface area contributed by atoms with E-state index in [1.807, 2.05) is 49.3 Å². The smallest absolute Gasteiger partial charge is 0.251 e. The number of likely N-dealkylation sites (N-methyl/N-ethyl adjacent to an activating group) is 1. The summed E-state index contributed by atoms with van der Waals surface area (Å²) in [6.07, 6.45) is 3.45. The Morgan fingerprint density at radius 3 is 2.38 bits per heavy atom. The van der Waals surface area contributed by atoms with Gasteiger partial charge in [-0.1, -0.05) is 51.1 Å². The lowest BCUT2D eigenvalue weighted by molar-refractivity contribution is 0.0737. The van der Waals surface area contributed by atoms with Crippen LogP contribution in [0.25, 0.3) is 0 Å². The van der Waals surface area contributed by atoms with Gasteiger partial charge in [0.2, 0.25) is 10.0 Å². The fourth-order valence-corrected chi connectivity index (χ4v) is 7.76. The molecule has 8 heteroatoms. The summed E-state index contributed by atoms with van der Waals surface area (Å²) in [5, 5.41) is 6.58. The van der Waals surface area contributed by atoms with E-state index in [-0.39, 0.29) is 34.2 Å². The van der Waals surface area contributed by atoms with Crippen molar-refractivity contribution in [1.82, 2.24) is 14.5 Å². The number of hydrogen-bond acceptors (Lipinski definition) is 5. The van der Waals surface area contributed by atoms with Crippen LogP contribution in [0.2, 0.25) is 0 Å². The van der Waals surface area contributed by atoms with E-state index < -0.39 is 10.0 Å². The molecule has 37 heavy (non-hydrogen) atoms. The van der Waals surface area contributed by atoms with Crippen molar-refractivity contribution in [1.29, 1.82) is 0 Å². The minimum absolute atomic E-state index is 0.0150. The summed E-state index contributed by atoms with van der Waals surface area (Å²) in [6, 6.07) is 14.6. The first-order valence-corrected chi connectivity index (χ1v) is 14.6. The molecule has 2 saturated carbocycles. The molecular weight excluding hydrogens is 484 g/mol. The van der Waals surface area contributed by atoms with Gasteiger partial charge in [0.1, 0.15) is 4.90 Å². The van der Waals surface area contributed by atoms with Crippen molar-refractivity contribution in [3.05, 3.63) is 59.7 Å². The summed E-state index contributed by atoms with van der Waals surface area (Å²) in [5.41, 5.74) is 1.87. The van der Waals surface area contributed by atoms with Gasteiger partial charge in [0, 0.05) is 38.3 Å². The average Bonchev–Trinajstić information content (AvgIpc) is 3.33. The van der Waals surface area contributed by atoms with E-state index in [0.29, 0.717) is 23.7 Å². The molecule has 2 N–H and O–H groups in total. The van der Waals surface area contributed by atoms with Crippen LogP contribution in [0.1, 0.15) is 56.0 Å². The SMILES string of the molecule is CN(C)CCNc1ccc(C(=O)NC2C(C)(C)[C@@H]3CC[C@@]2(C)C3)cc1S(=O)(=O)N(C)Cc1ccccc1. The summed E-state index contributed by atoms with van der Waals surface area (Å²) in [5.74, 6) is 0.391. The van der Waals surface area contributed by atoms with Gasteiger partial charge >= 0.3 is 0 Å². The number of carbonyl (C=O) groups is 1. The molecule has 0 heterocycles. The molecule has 0 radical (unpaired) electrons. The zero-order valence-corrected chi connectivity index (χ0v) is 23.9. The lowest BCUT2D eigenvalue weighted by atomic mass is 9.68. The summed E-state index contributed by atoms with van der Waals surface area (Å²) < 4.78 is 28.9. The second-order valence-corrected chi connectivity index (χ2v) is 14.0. The number of carbonyl (C=O) groups excluding carboxylic acids is 1. The molecule has 0 aromatic heterocycles. The maximum atomic E-state index is 13.8. The minimum Gasteiger partial charge on any atom is -0.383 e. The monoisotopic (exact) mass is 526 g/mol. The Morgan fingerprint density at radius 2 is 1.76 bits per heavy atom. The summed E-state index contributed by atoms with van der Waals surface area (Å²) >= 11 is 0. The third kappa shape index (κ3) is 5.56. The van der Waals surface area contributed by atoms with Crippen molar-refractivity contribution >= 4 is 21.6 Å². The van der Waals surface area contributed by atoms with Crippen LogP contribution < -0.4 is 10.6 Å². The number of nitrogens with zero attached hydrogens (tertiary/aromatic N) is 2. The average molecular weight is 527 g/mol. The predicted octanol–water partition coefficient (Wildman–Crippen LogP) is 4.43. The van der Waals surface area contributed by atoms with Crippen molar-refractivity contribution in [3.8, 4) is 0 Å². The maximum Gasteiger partial charge on any atom is 0.251 e. The first-order chi connectivity index (χ1) is 17.3. The van der Waals surface area contributed by atoms with Crippen LogP contribution in [-0.2, 0) is 16.6 Å². The number of nitrogens with one attached hydrogen (secondary N) is 2. The van der Waals surface area contributed by atoms with Gasteiger partial charge < -0.3 is 15.5 Å². The molecule has 2 aromatic rings. The first-order valence-electron chi connectivity index (χ1n) is 13.2. The molecule has 0 saturated heterocycles. The molecule has 1 amide bonds. The van der Waals surface area contributed by atoms with Crippen LogP contribution >= 0.6 is 0 Å². The molecule has 0 aliphatic heterocycles. The van der Waals surface area contributed by atoms with Gasteiger partial charge in [-0.05, 0) is 73.9 Å². The fourth-order valence-electron chi connectivity index (χ4n) is 6.41. The number of benzene rings is 2. The minimum atomic E-state index is -3.87. The zero-order chi connectivity index (χ0) is 27.0. The van der Waals surface area contributed by atoms with Crippen molar-refractivity contribution < 1.29 is 13.2 Å². The van der Waals surface area contributed by atoms with E-state index >= 15 is 0 Å². The Balaban J connectivity index is 1.62. The normalized spacial score (nSPS) is 24.5. The molecule has 2 aliphatic carbocycles. The molecule has 2 fully saturated rings. The van der Waals surface area contributed by atoms with E-state index in [4.69, 9.17) is 0 Å². The standard InChI is InChI=1S/C29H42N4O3S/c1-28(2)23-14-15-29(3,19-23)27(28)31-26(34)22-12-13-24(30-16-17-32(4)5)25(18-22)37(35,36)33(6)20-21-10-8-7-9-11-21/h7-13,18,23,27,30H,14-17,19-20H2,1-6H3,(H,31,34)/t23-,27?,29+/m1/s1. The highest BCUT2D eigenvalue weighted by molar-refractivity contribution is 7.89. The first kappa shape index (κ1) is 27.6. The van der Waals surface area contributed by atoms with Crippen LogP contribution in [0.3, 0.4) is 0 Å². The largest absolute Gasteiger partial charge is 0.383 e. The van der Waals surface area contributed by atoms with E-state index in [1.54, 1.807) is 19.2 Å². The van der Waals surface area contributed by atoms with Crippen LogP contribution in [-0.4, -0.2) is 63.8 Å². The van der Waals surface area contributed by atoms with Crippen molar-refractivity contribution in [3.63, 3.8) is 0 Å². The van der Waals surface area contributed by atoms with Crippen molar-refractivity contribution in [2.24, 2.45) is 16.7 Å². The number of hydrogen-bond donors (Lipinski definition) is 2. The van der Waals surface area contributed by atoms with Gasteiger partial charge in [0.05, 0.1) is 5.69 Å². The molecule has 1 unspecified atom stereocenters. The number of rotatable bonds is 10. The lowest BCUT2D eigenvalue weighted by Crippen LogP contribution is -2.52. The Morgan fingerprint density at radius 1 is 1.05 bits per heavy atom. The van der Waals surface area contributed by atoms with Gasteiger partial charge in [-0.3, -0.25) is 4.79 Å². The van der Waals surface area contributed by atoms with Gasteiger partial charge in [0.15, 0.2) is 0 Å². The molecule has 0 spiro atoms. The van der Waals surface area contributed by atoms with Crippen molar-refractivity contribution in [2.75, 3.05) is 39.5 Å². The van der Waals surface area contributed by atoms with Crippen molar-refractivity contribution in [2.45, 2.75) is 57.5 Å². The quantitative estimate of drug-likeness (QED) is 0.479. The molecule has 3 atom stereocenters. The van der Waals surface area contributed by atoms with Gasteiger partial charge in [-0.15, -0.1) is 0 Å². The van der Waals surface area contributed by atoms with E-state index in [0.717, 1.165) is 24.9 Å². The summed E-state index contributed by atoms with van der Waals surface area (Å²) in [6.45, 7) is 8.35. The molecule has 202 valence electrons. The third-order valence-corrected chi connectivity index (χ3v) is 10.4. The van der Waals surface area contributed by atoms with Gasteiger partial charge in [-0.2, -0.15) is 4.31 Å². The van der Waals surface area contributed by atoms with Gasteiger partial charge in [0.25, 0.3) is 5.91 Å². The highest BCUT2D eigenvalue weighted by atomic mass is 32.2. The molecule has 4 rings (SSSR count). The molecule has 2 aromatic carbocycles. The van der Waals surface area contributed by atoms with Crippen LogP contribution in [0.15, 0.2) is 53.4 Å². The molecule has 7 nitrogen and oxygen atoms in total. The van der Waals surface area contributed by atoms with E-state index in [9.17, 15) is 13.2 Å². The molecular formula is C29H42N4O3S. The molecule has 2 bridgehead atoms. The zero-order valence-electron chi connectivity index (χ0n) is 23.0. The lowest BCUT2D eigenvalue weighted by Gasteiger charge is -2.43. The maximum absolute atomic E-state index is 13.8. The van der Waals surface area contributed by atoms with Crippen LogP contribution in [0.4, 0.5) is 5.69 Å². The summed E-state index contributed by atoms with van der Waals surface area (Å²) in [4.78, 5) is 15.7. The fraction of sp³-hybridized carbons (Fsp3) is 0.552. The number of anilines is 1. The summed E-state index contributed by atoms with van der Waals surface area (Å²) in [7, 11) is 1.65. The second kappa shape index (κ2) is 10.4. The number of sulfonamides is 1. The second-order valence-electron chi connectivity index (χ2n) is 12.0. The highest BCUT2D eigenvalue weighted by Gasteiger charge is 2.59. The van der Waals surface area contributed by atoms with E-state index in [2.05, 4.69) is 31.4 Å². The topological polar surface area (TPSA) is 81.8 Å². The number of amides is 1. The number of fused-ring (bicyclic) bond motifs is 2. The highest BCUT2D eigenvalue weighted by Crippen LogP contribution is 2.62. The van der Waals surface area contributed by atoms with E-state index in [1.165, 1.54) is 16.8 Å².